The lowest BCUT2D eigenvalue weighted by atomic mass is 10.2. The van der Waals surface area contributed by atoms with E-state index in [-0.39, 0.29) is 17.7 Å². The lowest BCUT2D eigenvalue weighted by molar-refractivity contribution is -0.123. The van der Waals surface area contributed by atoms with Crippen LogP contribution in [0.25, 0.3) is 6.08 Å². The number of carbonyl (C=O) groups is 2. The zero-order valence-electron chi connectivity index (χ0n) is 18.3. The van der Waals surface area contributed by atoms with Gasteiger partial charge in [0.15, 0.2) is 0 Å². The fraction of sp³-hybridized carbons (Fsp3) is 0.154. The van der Waals surface area contributed by atoms with Gasteiger partial charge in [0, 0.05) is 15.6 Å². The number of amides is 2. The van der Waals surface area contributed by atoms with Gasteiger partial charge in [-0.05, 0) is 66.7 Å². The maximum Gasteiger partial charge on any atom is 0.293 e. The predicted octanol–water partition coefficient (Wildman–Crippen LogP) is 7.00. The van der Waals surface area contributed by atoms with E-state index in [9.17, 15) is 9.59 Å². The highest BCUT2D eigenvalue weighted by Crippen LogP contribution is 2.35. The van der Waals surface area contributed by atoms with Gasteiger partial charge in [-0.1, -0.05) is 59.1 Å². The maximum atomic E-state index is 12.9. The molecule has 8 heteroatoms. The summed E-state index contributed by atoms with van der Waals surface area (Å²) in [6.45, 7) is 2.81. The standard InChI is InChI=1S/C26H21Cl2NO4S/c1-17-8-10-19(11-9-17)32-12-13-33-20-5-2-4-18(14-20)15-24-25(30)29(26(31)34-24)16-21-22(27)6-3-7-23(21)28/h2-11,14-15H,12-13,16H2,1H3/b24-15-. The van der Waals surface area contributed by atoms with Crippen LogP contribution in [0.1, 0.15) is 16.7 Å². The van der Waals surface area contributed by atoms with E-state index < -0.39 is 0 Å². The number of hydrogen-bond acceptors (Lipinski definition) is 5. The average molecular weight is 514 g/mol. The number of aryl methyl sites for hydroxylation is 1. The maximum absolute atomic E-state index is 12.9. The van der Waals surface area contributed by atoms with Crippen LogP contribution in [0.4, 0.5) is 4.79 Å². The molecule has 0 aliphatic carbocycles. The molecule has 0 N–H and O–H groups in total. The highest BCUT2D eigenvalue weighted by molar-refractivity contribution is 8.18. The van der Waals surface area contributed by atoms with Gasteiger partial charge in [0.2, 0.25) is 0 Å². The Kier molecular flexibility index (Phi) is 7.83. The summed E-state index contributed by atoms with van der Waals surface area (Å²) in [7, 11) is 0. The van der Waals surface area contributed by atoms with E-state index in [0.29, 0.717) is 39.5 Å². The van der Waals surface area contributed by atoms with Gasteiger partial charge >= 0.3 is 0 Å². The third-order valence-electron chi connectivity index (χ3n) is 5.05. The van der Waals surface area contributed by atoms with E-state index in [2.05, 4.69) is 0 Å². The first-order chi connectivity index (χ1) is 16.4. The summed E-state index contributed by atoms with van der Waals surface area (Å²) in [5.41, 5.74) is 2.46. The molecule has 4 rings (SSSR count). The van der Waals surface area contributed by atoms with Crippen molar-refractivity contribution in [3.05, 3.63) is 98.4 Å². The van der Waals surface area contributed by atoms with Gasteiger partial charge in [-0.2, -0.15) is 0 Å². The van der Waals surface area contributed by atoms with Crippen molar-refractivity contribution in [1.82, 2.24) is 4.90 Å². The van der Waals surface area contributed by atoms with Crippen LogP contribution in [-0.4, -0.2) is 29.3 Å². The molecule has 2 amide bonds. The van der Waals surface area contributed by atoms with Crippen LogP contribution in [0.15, 0.2) is 71.6 Å². The summed E-state index contributed by atoms with van der Waals surface area (Å²) < 4.78 is 11.5. The molecule has 174 valence electrons. The van der Waals surface area contributed by atoms with Gasteiger partial charge in [0.1, 0.15) is 24.7 Å². The number of nitrogens with zero attached hydrogens (tertiary/aromatic N) is 1. The van der Waals surface area contributed by atoms with Gasteiger partial charge in [0.25, 0.3) is 11.1 Å². The first-order valence-corrected chi connectivity index (χ1v) is 12.1. The molecule has 0 atom stereocenters. The Labute approximate surface area is 212 Å². The van der Waals surface area contributed by atoms with Crippen molar-refractivity contribution >= 4 is 52.2 Å². The number of carbonyl (C=O) groups excluding carboxylic acids is 2. The van der Waals surface area contributed by atoms with Crippen molar-refractivity contribution in [1.29, 1.82) is 0 Å². The Morgan fingerprint density at radius 3 is 2.24 bits per heavy atom. The van der Waals surface area contributed by atoms with Crippen molar-refractivity contribution in [2.45, 2.75) is 13.5 Å². The summed E-state index contributed by atoms with van der Waals surface area (Å²) >= 11 is 13.3. The Hall–Kier alpha value is -2.93. The highest BCUT2D eigenvalue weighted by atomic mass is 35.5. The molecule has 1 fully saturated rings. The van der Waals surface area contributed by atoms with Gasteiger partial charge in [0.05, 0.1) is 11.4 Å². The van der Waals surface area contributed by atoms with Gasteiger partial charge in [-0.15, -0.1) is 0 Å². The second kappa shape index (κ2) is 11.0. The summed E-state index contributed by atoms with van der Waals surface area (Å²) in [5, 5.41) is 0.450. The van der Waals surface area contributed by atoms with E-state index in [0.717, 1.165) is 28.0 Å². The normalized spacial score (nSPS) is 14.7. The number of rotatable bonds is 8. The van der Waals surface area contributed by atoms with Crippen LogP contribution < -0.4 is 9.47 Å². The first-order valence-electron chi connectivity index (χ1n) is 10.5. The van der Waals surface area contributed by atoms with Crippen molar-refractivity contribution in [3.63, 3.8) is 0 Å². The van der Waals surface area contributed by atoms with Crippen LogP contribution in [0.2, 0.25) is 10.0 Å². The minimum absolute atomic E-state index is 0.0185. The summed E-state index contributed by atoms with van der Waals surface area (Å²) in [4.78, 5) is 26.8. The Balaban J connectivity index is 1.38. The molecule has 1 heterocycles. The van der Waals surface area contributed by atoms with E-state index in [1.807, 2.05) is 55.5 Å². The number of imide groups is 1. The quantitative estimate of drug-likeness (QED) is 0.239. The largest absolute Gasteiger partial charge is 0.490 e. The number of thioether (sulfide) groups is 1. The van der Waals surface area contributed by atoms with Crippen molar-refractivity contribution in [2.24, 2.45) is 0 Å². The minimum Gasteiger partial charge on any atom is -0.490 e. The molecule has 34 heavy (non-hydrogen) atoms. The molecular weight excluding hydrogens is 493 g/mol. The van der Waals surface area contributed by atoms with E-state index in [1.54, 1.807) is 24.3 Å². The minimum atomic E-state index is -0.385. The fourth-order valence-electron chi connectivity index (χ4n) is 3.28. The van der Waals surface area contributed by atoms with E-state index in [4.69, 9.17) is 32.7 Å². The molecule has 3 aromatic carbocycles. The molecule has 0 radical (unpaired) electrons. The third kappa shape index (κ3) is 5.95. The molecule has 0 spiro atoms. The van der Waals surface area contributed by atoms with E-state index in [1.165, 1.54) is 5.56 Å². The van der Waals surface area contributed by atoms with Crippen LogP contribution in [0, 0.1) is 6.92 Å². The Morgan fingerprint density at radius 1 is 0.882 bits per heavy atom. The lowest BCUT2D eigenvalue weighted by Gasteiger charge is -2.14. The third-order valence-corrected chi connectivity index (χ3v) is 6.66. The summed E-state index contributed by atoms with van der Waals surface area (Å²) in [6.07, 6.45) is 1.68. The van der Waals surface area contributed by atoms with Crippen LogP contribution >= 0.6 is 35.0 Å². The smallest absolute Gasteiger partial charge is 0.293 e. The van der Waals surface area contributed by atoms with Gasteiger partial charge < -0.3 is 9.47 Å². The molecule has 3 aromatic rings. The monoisotopic (exact) mass is 513 g/mol. The zero-order chi connectivity index (χ0) is 24.1. The SMILES string of the molecule is Cc1ccc(OCCOc2cccc(/C=C3\SC(=O)N(Cc4c(Cl)cccc4Cl)C3=O)c2)cc1. The van der Waals surface area contributed by atoms with E-state index >= 15 is 0 Å². The van der Waals surface area contributed by atoms with Crippen molar-refractivity contribution < 1.29 is 19.1 Å². The topological polar surface area (TPSA) is 55.8 Å². The summed E-state index contributed by atoms with van der Waals surface area (Å²) in [6, 6.07) is 20.2. The number of benzene rings is 3. The molecule has 1 aliphatic rings. The van der Waals surface area contributed by atoms with Crippen LogP contribution in [-0.2, 0) is 11.3 Å². The summed E-state index contributed by atoms with van der Waals surface area (Å²) in [5.74, 6) is 1.05. The Bertz CT molecular complexity index is 1220. The second-order valence-corrected chi connectivity index (χ2v) is 9.36. The Morgan fingerprint density at radius 2 is 1.53 bits per heavy atom. The first kappa shape index (κ1) is 24.2. The zero-order valence-corrected chi connectivity index (χ0v) is 20.6. The predicted molar refractivity (Wildman–Crippen MR) is 137 cm³/mol. The fourth-order valence-corrected chi connectivity index (χ4v) is 4.63. The molecule has 0 aromatic heterocycles. The molecule has 1 saturated heterocycles. The highest BCUT2D eigenvalue weighted by Gasteiger charge is 2.35. The van der Waals surface area contributed by atoms with Gasteiger partial charge in [-0.25, -0.2) is 0 Å². The molecule has 5 nitrogen and oxygen atoms in total. The number of hydrogen-bond donors (Lipinski definition) is 0. The van der Waals surface area contributed by atoms with Crippen LogP contribution in [0.3, 0.4) is 0 Å². The molecule has 1 aliphatic heterocycles. The van der Waals surface area contributed by atoms with Crippen molar-refractivity contribution in [2.75, 3.05) is 13.2 Å². The molecule has 0 bridgehead atoms. The molecule has 0 unspecified atom stereocenters. The average Bonchev–Trinajstić information content (AvgIpc) is 3.07. The van der Waals surface area contributed by atoms with Crippen LogP contribution in [0.5, 0.6) is 11.5 Å². The lowest BCUT2D eigenvalue weighted by Crippen LogP contribution is -2.27. The molecule has 0 saturated carbocycles. The van der Waals surface area contributed by atoms with Gasteiger partial charge in [-0.3, -0.25) is 14.5 Å². The number of halogens is 2. The second-order valence-electron chi connectivity index (χ2n) is 7.55. The number of ether oxygens (including phenoxy) is 2. The molecular formula is C26H21Cl2NO4S. The van der Waals surface area contributed by atoms with Crippen molar-refractivity contribution in [3.8, 4) is 11.5 Å².